The number of nitrogens with two attached hydrogens (primary N) is 1. The molecular formula is C13H17BrN2O. The van der Waals surface area contributed by atoms with E-state index in [2.05, 4.69) is 27.0 Å². The summed E-state index contributed by atoms with van der Waals surface area (Å²) in [6.45, 7) is 1.50. The van der Waals surface area contributed by atoms with Gasteiger partial charge in [-0.2, -0.15) is 0 Å². The summed E-state index contributed by atoms with van der Waals surface area (Å²) >= 11 is 3.53. The van der Waals surface area contributed by atoms with Gasteiger partial charge in [0.05, 0.1) is 6.54 Å². The highest BCUT2D eigenvalue weighted by atomic mass is 79.9. The second kappa shape index (κ2) is 6.17. The fourth-order valence-electron chi connectivity index (χ4n) is 1.87. The Labute approximate surface area is 110 Å². The smallest absolute Gasteiger partial charge is 0.188 e. The van der Waals surface area contributed by atoms with E-state index in [1.165, 1.54) is 5.56 Å². The van der Waals surface area contributed by atoms with E-state index in [9.17, 15) is 0 Å². The minimum Gasteiger partial charge on any atom is -0.475 e. The highest BCUT2D eigenvalue weighted by Gasteiger charge is 2.19. The van der Waals surface area contributed by atoms with Gasteiger partial charge >= 0.3 is 0 Å². The number of halogens is 1. The van der Waals surface area contributed by atoms with Crippen LogP contribution in [-0.4, -0.2) is 25.1 Å². The first-order chi connectivity index (χ1) is 8.29. The topological polar surface area (TPSA) is 47.6 Å². The van der Waals surface area contributed by atoms with Crippen molar-refractivity contribution in [3.05, 3.63) is 34.3 Å². The van der Waals surface area contributed by atoms with Crippen LogP contribution in [0.5, 0.6) is 0 Å². The molecule has 0 aromatic heterocycles. The van der Waals surface area contributed by atoms with Crippen molar-refractivity contribution in [2.75, 3.05) is 13.1 Å². The molecule has 2 N–H and O–H groups in total. The molecule has 0 spiro atoms. The van der Waals surface area contributed by atoms with Crippen LogP contribution in [0, 0.1) is 0 Å². The maximum absolute atomic E-state index is 5.80. The summed E-state index contributed by atoms with van der Waals surface area (Å²) in [5.74, 6) is 0.846. The molecule has 4 heteroatoms. The number of benzene rings is 1. The van der Waals surface area contributed by atoms with E-state index >= 15 is 0 Å². The lowest BCUT2D eigenvalue weighted by molar-refractivity contribution is 0.207. The van der Waals surface area contributed by atoms with Gasteiger partial charge in [0.1, 0.15) is 6.10 Å². The number of hydrogen-bond donors (Lipinski definition) is 1. The number of hydrogen-bond acceptors (Lipinski definition) is 3. The largest absolute Gasteiger partial charge is 0.475 e. The van der Waals surface area contributed by atoms with Gasteiger partial charge in [-0.15, -0.1) is 0 Å². The highest BCUT2D eigenvalue weighted by molar-refractivity contribution is 9.10. The van der Waals surface area contributed by atoms with Gasteiger partial charge in [-0.25, -0.2) is 0 Å². The lowest BCUT2D eigenvalue weighted by Gasteiger charge is -2.10. The van der Waals surface area contributed by atoms with E-state index in [0.717, 1.165) is 42.7 Å². The Morgan fingerprint density at radius 2 is 2.24 bits per heavy atom. The van der Waals surface area contributed by atoms with Crippen LogP contribution in [-0.2, 0) is 11.2 Å². The van der Waals surface area contributed by atoms with Crippen molar-refractivity contribution in [2.24, 2.45) is 10.7 Å². The molecule has 17 heavy (non-hydrogen) atoms. The summed E-state index contributed by atoms with van der Waals surface area (Å²) in [7, 11) is 0. The van der Waals surface area contributed by atoms with Gasteiger partial charge in [-0.1, -0.05) is 34.1 Å². The minimum atomic E-state index is 0.232. The van der Waals surface area contributed by atoms with Crippen LogP contribution < -0.4 is 5.73 Å². The molecule has 1 aliphatic heterocycles. The molecule has 0 bridgehead atoms. The van der Waals surface area contributed by atoms with E-state index < -0.39 is 0 Å². The zero-order valence-electron chi connectivity index (χ0n) is 9.73. The molecule has 3 nitrogen and oxygen atoms in total. The second-order valence-electron chi connectivity index (χ2n) is 4.17. The third kappa shape index (κ3) is 3.54. The van der Waals surface area contributed by atoms with E-state index in [4.69, 9.17) is 10.5 Å². The average molecular weight is 297 g/mol. The predicted octanol–water partition coefficient (Wildman–Crippen LogP) is 2.53. The van der Waals surface area contributed by atoms with E-state index in [0.29, 0.717) is 0 Å². The fraction of sp³-hybridized carbons (Fsp3) is 0.462. The third-order valence-corrected chi connectivity index (χ3v) is 3.58. The first-order valence-corrected chi connectivity index (χ1v) is 6.72. The molecule has 1 aliphatic rings. The molecule has 0 aliphatic carbocycles. The monoisotopic (exact) mass is 296 g/mol. The summed E-state index contributed by atoms with van der Waals surface area (Å²) in [4.78, 5) is 4.44. The van der Waals surface area contributed by atoms with Crippen LogP contribution in [0.25, 0.3) is 0 Å². The quantitative estimate of drug-likeness (QED) is 0.908. The highest BCUT2D eigenvalue weighted by Crippen LogP contribution is 2.19. The molecule has 1 atom stereocenters. The molecule has 1 aromatic carbocycles. The lowest BCUT2D eigenvalue weighted by Crippen LogP contribution is -2.16. The number of ether oxygens (including phenoxy) is 1. The summed E-state index contributed by atoms with van der Waals surface area (Å²) in [5.41, 5.74) is 6.70. The SMILES string of the molecule is NCCCC1CN=C(Cc2ccccc2Br)O1. The Kier molecular flexibility index (Phi) is 4.57. The van der Waals surface area contributed by atoms with Crippen molar-refractivity contribution < 1.29 is 4.74 Å². The summed E-state index contributed by atoms with van der Waals surface area (Å²) in [6, 6.07) is 8.16. The Bertz CT molecular complexity index is 406. The Morgan fingerprint density at radius 3 is 3.00 bits per heavy atom. The van der Waals surface area contributed by atoms with Crippen molar-refractivity contribution in [3.63, 3.8) is 0 Å². The van der Waals surface area contributed by atoms with Crippen LogP contribution >= 0.6 is 15.9 Å². The van der Waals surface area contributed by atoms with Crippen LogP contribution in [0.2, 0.25) is 0 Å². The number of rotatable bonds is 5. The Hall–Kier alpha value is -0.870. The van der Waals surface area contributed by atoms with Crippen molar-refractivity contribution in [1.82, 2.24) is 0 Å². The van der Waals surface area contributed by atoms with Crippen LogP contribution in [0.15, 0.2) is 33.7 Å². The van der Waals surface area contributed by atoms with Crippen LogP contribution in [0.3, 0.4) is 0 Å². The molecule has 92 valence electrons. The second-order valence-corrected chi connectivity index (χ2v) is 5.03. The first-order valence-electron chi connectivity index (χ1n) is 5.93. The normalized spacial score (nSPS) is 18.9. The van der Waals surface area contributed by atoms with Gasteiger partial charge in [-0.05, 0) is 31.0 Å². The molecular weight excluding hydrogens is 280 g/mol. The molecule has 1 unspecified atom stereocenters. The predicted molar refractivity (Wildman–Crippen MR) is 73.3 cm³/mol. The summed E-state index contributed by atoms with van der Waals surface area (Å²) < 4.78 is 6.90. The van der Waals surface area contributed by atoms with Gasteiger partial charge in [-0.3, -0.25) is 4.99 Å². The van der Waals surface area contributed by atoms with Gasteiger partial charge in [0.15, 0.2) is 5.90 Å². The molecule has 0 saturated carbocycles. The fourth-order valence-corrected chi connectivity index (χ4v) is 2.29. The van der Waals surface area contributed by atoms with E-state index in [-0.39, 0.29) is 6.10 Å². The van der Waals surface area contributed by atoms with Crippen molar-refractivity contribution in [1.29, 1.82) is 0 Å². The third-order valence-electron chi connectivity index (χ3n) is 2.80. The van der Waals surface area contributed by atoms with E-state index in [1.54, 1.807) is 0 Å². The summed E-state index contributed by atoms with van der Waals surface area (Å²) in [6.07, 6.45) is 3.00. The van der Waals surface area contributed by atoms with Gasteiger partial charge in [0, 0.05) is 10.9 Å². The zero-order valence-corrected chi connectivity index (χ0v) is 11.3. The molecule has 2 rings (SSSR count). The lowest BCUT2D eigenvalue weighted by atomic mass is 10.1. The number of aliphatic imine (C=N–C) groups is 1. The maximum Gasteiger partial charge on any atom is 0.188 e. The van der Waals surface area contributed by atoms with Crippen molar-refractivity contribution >= 4 is 21.8 Å². The zero-order chi connectivity index (χ0) is 12.1. The maximum atomic E-state index is 5.80. The molecule has 0 saturated heterocycles. The Morgan fingerprint density at radius 1 is 1.41 bits per heavy atom. The molecule has 1 heterocycles. The summed E-state index contributed by atoms with van der Waals surface area (Å²) in [5, 5.41) is 0. The van der Waals surface area contributed by atoms with Gasteiger partial charge in [0.2, 0.25) is 0 Å². The standard InChI is InChI=1S/C13H17BrN2O/c14-12-6-2-1-4-10(12)8-13-16-9-11(17-13)5-3-7-15/h1-2,4,6,11H,3,5,7-9,15H2. The van der Waals surface area contributed by atoms with E-state index in [1.807, 2.05) is 18.2 Å². The van der Waals surface area contributed by atoms with Crippen molar-refractivity contribution in [2.45, 2.75) is 25.4 Å². The molecule has 0 fully saturated rings. The van der Waals surface area contributed by atoms with Crippen molar-refractivity contribution in [3.8, 4) is 0 Å². The Balaban J connectivity index is 1.87. The first kappa shape index (κ1) is 12.6. The van der Waals surface area contributed by atoms with Crippen LogP contribution in [0.4, 0.5) is 0 Å². The molecule has 1 aromatic rings. The molecule has 0 amide bonds. The van der Waals surface area contributed by atoms with Gasteiger partial charge < -0.3 is 10.5 Å². The van der Waals surface area contributed by atoms with Crippen LogP contribution in [0.1, 0.15) is 18.4 Å². The minimum absolute atomic E-state index is 0.232. The van der Waals surface area contributed by atoms with Gasteiger partial charge in [0.25, 0.3) is 0 Å². The average Bonchev–Trinajstić information content (AvgIpc) is 2.77. The number of nitrogens with zero attached hydrogens (tertiary/aromatic N) is 1. The molecule has 0 radical (unpaired) electrons.